The van der Waals surface area contributed by atoms with E-state index in [1.807, 2.05) is 18.5 Å². The van der Waals surface area contributed by atoms with E-state index in [1.165, 1.54) is 8.96 Å². The molecule has 0 spiro atoms. The Morgan fingerprint density at radius 2 is 2.06 bits per heavy atom. The second-order valence-electron chi connectivity index (χ2n) is 3.56. The zero-order valence-corrected chi connectivity index (χ0v) is 10.5. The van der Waals surface area contributed by atoms with Crippen molar-refractivity contribution in [3.05, 3.63) is 52.8 Å². The first-order chi connectivity index (χ1) is 7.84. The average molecular weight is 321 g/mol. The number of benzene rings is 1. The molecule has 0 unspecified atom stereocenters. The van der Waals surface area contributed by atoms with Crippen molar-refractivity contribution in [1.82, 2.24) is 4.98 Å². The molecular weight excluding hydrogens is 313 g/mol. The molecule has 2 nitrogen and oxygen atoms in total. The maximum atomic E-state index is 5.11. The third-order valence-electron chi connectivity index (χ3n) is 2.55. The van der Waals surface area contributed by atoms with Crippen LogP contribution in [0.25, 0.3) is 21.9 Å². The number of nitrogens with zero attached hydrogens (tertiary/aromatic N) is 1. The molecular formula is C13H8INO. The number of rotatable bonds is 1. The van der Waals surface area contributed by atoms with E-state index in [4.69, 9.17) is 4.42 Å². The monoisotopic (exact) mass is 321 g/mol. The lowest BCUT2D eigenvalue weighted by Gasteiger charge is -2.03. The van der Waals surface area contributed by atoms with E-state index < -0.39 is 0 Å². The Morgan fingerprint density at radius 1 is 1.12 bits per heavy atom. The number of fused-ring (bicyclic) bond motifs is 1. The number of furan rings is 1. The molecule has 0 atom stereocenters. The van der Waals surface area contributed by atoms with Crippen LogP contribution >= 0.6 is 22.6 Å². The number of hydrogen-bond donors (Lipinski definition) is 0. The first-order valence-corrected chi connectivity index (χ1v) is 5.98. The van der Waals surface area contributed by atoms with Gasteiger partial charge in [0.05, 0.1) is 12.5 Å². The van der Waals surface area contributed by atoms with Crippen molar-refractivity contribution >= 4 is 33.4 Å². The molecule has 3 aromatic rings. The van der Waals surface area contributed by atoms with Gasteiger partial charge in [-0.1, -0.05) is 6.07 Å². The van der Waals surface area contributed by atoms with Gasteiger partial charge >= 0.3 is 0 Å². The summed E-state index contributed by atoms with van der Waals surface area (Å²) in [6.07, 6.45) is 7.19. The summed E-state index contributed by atoms with van der Waals surface area (Å²) in [5, 5.41) is 2.36. The van der Waals surface area contributed by atoms with Crippen molar-refractivity contribution in [3.8, 4) is 11.1 Å². The number of hydrogen-bond acceptors (Lipinski definition) is 2. The molecule has 78 valence electrons. The molecule has 0 saturated carbocycles. The Morgan fingerprint density at radius 3 is 2.88 bits per heavy atom. The second-order valence-corrected chi connectivity index (χ2v) is 4.81. The van der Waals surface area contributed by atoms with Crippen LogP contribution in [0.4, 0.5) is 0 Å². The summed E-state index contributed by atoms with van der Waals surface area (Å²) < 4.78 is 6.33. The molecule has 16 heavy (non-hydrogen) atoms. The maximum absolute atomic E-state index is 5.11. The van der Waals surface area contributed by atoms with E-state index in [9.17, 15) is 0 Å². The molecule has 2 heterocycles. The highest BCUT2D eigenvalue weighted by Gasteiger charge is 2.05. The number of halogens is 1. The third-order valence-corrected chi connectivity index (χ3v) is 3.22. The summed E-state index contributed by atoms with van der Waals surface area (Å²) in [5.41, 5.74) is 2.18. The van der Waals surface area contributed by atoms with Gasteiger partial charge in [-0.3, -0.25) is 4.98 Å². The van der Waals surface area contributed by atoms with Gasteiger partial charge in [0, 0.05) is 32.5 Å². The predicted molar refractivity (Wildman–Crippen MR) is 72.2 cm³/mol. The van der Waals surface area contributed by atoms with Crippen molar-refractivity contribution in [1.29, 1.82) is 0 Å². The van der Waals surface area contributed by atoms with Crippen LogP contribution in [0, 0.1) is 3.57 Å². The standard InChI is InChI=1S/C13H8INO/c14-11-1-2-12-10(5-11)6-15-7-13(12)9-3-4-16-8-9/h1-8H. The van der Waals surface area contributed by atoms with E-state index in [0.29, 0.717) is 0 Å². The molecule has 0 fully saturated rings. The van der Waals surface area contributed by atoms with Crippen LogP contribution in [0.2, 0.25) is 0 Å². The molecule has 3 heteroatoms. The average Bonchev–Trinajstić information content (AvgIpc) is 2.81. The van der Waals surface area contributed by atoms with Crippen LogP contribution in [-0.4, -0.2) is 4.98 Å². The maximum Gasteiger partial charge on any atom is 0.0981 e. The molecule has 0 N–H and O–H groups in total. The van der Waals surface area contributed by atoms with E-state index in [1.54, 1.807) is 12.5 Å². The van der Waals surface area contributed by atoms with Crippen molar-refractivity contribution < 1.29 is 4.42 Å². The van der Waals surface area contributed by atoms with Gasteiger partial charge in [0.15, 0.2) is 0 Å². The molecule has 0 amide bonds. The van der Waals surface area contributed by atoms with Gasteiger partial charge in [0.2, 0.25) is 0 Å². The van der Waals surface area contributed by atoms with Gasteiger partial charge in [-0.05, 0) is 46.2 Å². The fraction of sp³-hybridized carbons (Fsp3) is 0. The van der Waals surface area contributed by atoms with Crippen LogP contribution in [0.1, 0.15) is 0 Å². The lowest BCUT2D eigenvalue weighted by molar-refractivity contribution is 0.568. The Kier molecular flexibility index (Phi) is 2.40. The zero-order valence-electron chi connectivity index (χ0n) is 8.35. The number of pyridine rings is 1. The van der Waals surface area contributed by atoms with Gasteiger partial charge in [0.1, 0.15) is 0 Å². The smallest absolute Gasteiger partial charge is 0.0981 e. The molecule has 0 aliphatic carbocycles. The highest BCUT2D eigenvalue weighted by molar-refractivity contribution is 14.1. The van der Waals surface area contributed by atoms with Crippen LogP contribution in [0.5, 0.6) is 0 Å². The second kappa shape index (κ2) is 3.90. The van der Waals surface area contributed by atoms with Crippen molar-refractivity contribution in [2.24, 2.45) is 0 Å². The minimum Gasteiger partial charge on any atom is -0.472 e. The largest absolute Gasteiger partial charge is 0.472 e. The highest BCUT2D eigenvalue weighted by atomic mass is 127. The molecule has 3 rings (SSSR count). The Labute approximate surface area is 106 Å². The summed E-state index contributed by atoms with van der Waals surface area (Å²) in [6, 6.07) is 8.31. The topological polar surface area (TPSA) is 26.0 Å². The highest BCUT2D eigenvalue weighted by Crippen LogP contribution is 2.28. The Bertz CT molecular complexity index is 631. The van der Waals surface area contributed by atoms with Gasteiger partial charge in [0.25, 0.3) is 0 Å². The van der Waals surface area contributed by atoms with Gasteiger partial charge in [-0.25, -0.2) is 0 Å². The molecule has 0 aliphatic heterocycles. The lowest BCUT2D eigenvalue weighted by atomic mass is 10.0. The van der Waals surface area contributed by atoms with Crippen LogP contribution in [0.3, 0.4) is 0 Å². The van der Waals surface area contributed by atoms with Crippen LogP contribution in [0.15, 0.2) is 53.6 Å². The van der Waals surface area contributed by atoms with E-state index in [-0.39, 0.29) is 0 Å². The van der Waals surface area contributed by atoms with E-state index >= 15 is 0 Å². The summed E-state index contributed by atoms with van der Waals surface area (Å²) in [6.45, 7) is 0. The van der Waals surface area contributed by atoms with Gasteiger partial charge in [-0.2, -0.15) is 0 Å². The fourth-order valence-electron chi connectivity index (χ4n) is 1.80. The van der Waals surface area contributed by atoms with Crippen molar-refractivity contribution in [2.75, 3.05) is 0 Å². The fourth-order valence-corrected chi connectivity index (χ4v) is 2.31. The van der Waals surface area contributed by atoms with E-state index in [0.717, 1.165) is 16.5 Å². The van der Waals surface area contributed by atoms with Crippen LogP contribution in [-0.2, 0) is 0 Å². The first-order valence-electron chi connectivity index (χ1n) is 4.90. The van der Waals surface area contributed by atoms with E-state index in [2.05, 4.69) is 45.8 Å². The molecule has 2 aromatic heterocycles. The summed E-state index contributed by atoms with van der Waals surface area (Å²) in [4.78, 5) is 4.26. The SMILES string of the molecule is Ic1ccc2c(-c3ccoc3)cncc2c1. The minimum atomic E-state index is 1.07. The molecule has 0 radical (unpaired) electrons. The predicted octanol–water partition coefficient (Wildman–Crippen LogP) is 4.10. The minimum absolute atomic E-state index is 1.07. The summed E-state index contributed by atoms with van der Waals surface area (Å²) in [7, 11) is 0. The van der Waals surface area contributed by atoms with Crippen LogP contribution < -0.4 is 0 Å². The normalized spacial score (nSPS) is 10.8. The molecule has 1 aromatic carbocycles. The molecule has 0 bridgehead atoms. The van der Waals surface area contributed by atoms with Crippen molar-refractivity contribution in [3.63, 3.8) is 0 Å². The first kappa shape index (κ1) is 9.84. The zero-order chi connectivity index (χ0) is 11.0. The number of aromatic nitrogens is 1. The Hall–Kier alpha value is -1.36. The quantitative estimate of drug-likeness (QED) is 0.631. The van der Waals surface area contributed by atoms with Gasteiger partial charge in [-0.15, -0.1) is 0 Å². The third kappa shape index (κ3) is 1.61. The van der Waals surface area contributed by atoms with Gasteiger partial charge < -0.3 is 4.42 Å². The Balaban J connectivity index is 2.34. The summed E-state index contributed by atoms with van der Waals surface area (Å²) >= 11 is 2.31. The molecule has 0 aliphatic rings. The summed E-state index contributed by atoms with van der Waals surface area (Å²) in [5.74, 6) is 0. The molecule has 0 saturated heterocycles. The lowest BCUT2D eigenvalue weighted by Crippen LogP contribution is -1.82. The van der Waals surface area contributed by atoms with Crippen molar-refractivity contribution in [2.45, 2.75) is 0 Å².